The zero-order chi connectivity index (χ0) is 19.6. The van der Waals surface area contributed by atoms with Crippen LogP contribution in [0.3, 0.4) is 0 Å². The Morgan fingerprint density at radius 2 is 1.85 bits per heavy atom. The van der Waals surface area contributed by atoms with E-state index in [0.29, 0.717) is 11.5 Å². The number of carbonyl (C=O) groups excluding carboxylic acids is 1. The van der Waals surface area contributed by atoms with Crippen molar-refractivity contribution in [2.24, 2.45) is 0 Å². The molecule has 0 aliphatic carbocycles. The third-order valence-electron chi connectivity index (χ3n) is 4.11. The summed E-state index contributed by atoms with van der Waals surface area (Å²) in [5, 5.41) is 8.86. The van der Waals surface area contributed by atoms with E-state index in [9.17, 15) is 9.59 Å². The molecular weight excluding hydrogens is 382 g/mol. The predicted octanol–water partition coefficient (Wildman–Crippen LogP) is 4.71. The van der Waals surface area contributed by atoms with Crippen molar-refractivity contribution in [3.05, 3.63) is 34.7 Å². The molecule has 0 atom stereocenters. The van der Waals surface area contributed by atoms with Crippen LogP contribution >= 0.6 is 24.0 Å². The van der Waals surface area contributed by atoms with Gasteiger partial charge in [-0.1, -0.05) is 75.1 Å². The van der Waals surface area contributed by atoms with Crippen LogP contribution in [0.15, 0.2) is 29.2 Å². The highest BCUT2D eigenvalue weighted by molar-refractivity contribution is 8.26. The minimum Gasteiger partial charge on any atom is -0.494 e. The first kappa shape index (κ1) is 21.4. The van der Waals surface area contributed by atoms with Gasteiger partial charge < -0.3 is 9.84 Å². The van der Waals surface area contributed by atoms with Gasteiger partial charge in [0, 0.05) is 0 Å². The largest absolute Gasteiger partial charge is 0.494 e. The zero-order valence-corrected chi connectivity index (χ0v) is 17.1. The summed E-state index contributed by atoms with van der Waals surface area (Å²) in [6.07, 6.45) is 9.08. The lowest BCUT2D eigenvalue weighted by Gasteiger charge is -2.10. The van der Waals surface area contributed by atoms with E-state index in [1.54, 1.807) is 6.08 Å². The predicted molar refractivity (Wildman–Crippen MR) is 113 cm³/mol. The molecule has 2 rings (SSSR count). The van der Waals surface area contributed by atoms with Crippen LogP contribution in [0.1, 0.15) is 51.0 Å². The van der Waals surface area contributed by atoms with Gasteiger partial charge in [-0.15, -0.1) is 0 Å². The van der Waals surface area contributed by atoms with Gasteiger partial charge in [-0.2, -0.15) is 0 Å². The van der Waals surface area contributed by atoms with Gasteiger partial charge in [0.25, 0.3) is 5.91 Å². The maximum Gasteiger partial charge on any atom is 0.323 e. The Kier molecular flexibility index (Phi) is 8.81. The number of amides is 1. The molecule has 1 fully saturated rings. The number of thiocarbonyl (C=S) groups is 1. The number of rotatable bonds is 11. The second-order valence-corrected chi connectivity index (χ2v) is 8.02. The van der Waals surface area contributed by atoms with E-state index in [0.717, 1.165) is 34.4 Å². The quantitative estimate of drug-likeness (QED) is 0.325. The normalized spacial score (nSPS) is 15.6. The number of nitrogens with zero attached hydrogens (tertiary/aromatic N) is 1. The fraction of sp³-hybridized carbons (Fsp3) is 0.450. The first-order chi connectivity index (χ1) is 13.0. The number of benzene rings is 1. The van der Waals surface area contributed by atoms with Crippen LogP contribution in [0, 0.1) is 0 Å². The molecule has 5 nitrogen and oxygen atoms in total. The Labute approximate surface area is 169 Å². The summed E-state index contributed by atoms with van der Waals surface area (Å²) in [7, 11) is 0. The van der Waals surface area contributed by atoms with Gasteiger partial charge in [0.15, 0.2) is 0 Å². The number of hydrogen-bond acceptors (Lipinski definition) is 5. The molecule has 1 aromatic rings. The summed E-state index contributed by atoms with van der Waals surface area (Å²) >= 11 is 6.21. The van der Waals surface area contributed by atoms with Crippen LogP contribution in [-0.4, -0.2) is 39.4 Å². The number of carboxylic acids is 1. The number of carbonyl (C=O) groups is 2. The average Bonchev–Trinajstić information content (AvgIpc) is 2.89. The van der Waals surface area contributed by atoms with Crippen LogP contribution in [0.2, 0.25) is 0 Å². The van der Waals surface area contributed by atoms with Crippen molar-refractivity contribution < 1.29 is 19.4 Å². The van der Waals surface area contributed by atoms with Gasteiger partial charge in [0.05, 0.1) is 11.5 Å². The third-order valence-corrected chi connectivity index (χ3v) is 5.49. The standard InChI is InChI=1S/C20H25NO4S2/c1-2-3-4-5-6-7-12-25-16-10-8-15(9-11-16)13-17-19(24)21(14-18(22)23)20(26)27-17/h8-11,13H,2-7,12,14H2,1H3,(H,22,23)/b17-13+. The van der Waals surface area contributed by atoms with Crippen molar-refractivity contribution in [2.45, 2.75) is 45.4 Å². The van der Waals surface area contributed by atoms with Gasteiger partial charge in [-0.05, 0) is 30.2 Å². The van der Waals surface area contributed by atoms with Crippen molar-refractivity contribution in [1.82, 2.24) is 4.90 Å². The number of unbranched alkanes of at least 4 members (excludes halogenated alkanes) is 5. The molecule has 27 heavy (non-hydrogen) atoms. The lowest BCUT2D eigenvalue weighted by atomic mass is 10.1. The highest BCUT2D eigenvalue weighted by Crippen LogP contribution is 2.32. The summed E-state index contributed by atoms with van der Waals surface area (Å²) in [4.78, 5) is 24.6. The van der Waals surface area contributed by atoms with Crippen LogP contribution in [0.25, 0.3) is 6.08 Å². The van der Waals surface area contributed by atoms with Gasteiger partial charge in [0.2, 0.25) is 0 Å². The Hall–Kier alpha value is -1.86. The molecule has 0 saturated carbocycles. The van der Waals surface area contributed by atoms with Crippen molar-refractivity contribution in [2.75, 3.05) is 13.2 Å². The van der Waals surface area contributed by atoms with Crippen LogP contribution in [0.4, 0.5) is 0 Å². The fourth-order valence-electron chi connectivity index (χ4n) is 2.66. The molecule has 146 valence electrons. The number of hydrogen-bond donors (Lipinski definition) is 1. The highest BCUT2D eigenvalue weighted by Gasteiger charge is 2.33. The Bertz CT molecular complexity index is 700. The molecule has 1 saturated heterocycles. The third kappa shape index (κ3) is 6.99. The van der Waals surface area contributed by atoms with Crippen molar-refractivity contribution >= 4 is 46.3 Å². The molecule has 1 aromatic carbocycles. The number of carboxylic acid groups (broad SMARTS) is 1. The number of thioether (sulfide) groups is 1. The molecule has 0 unspecified atom stereocenters. The molecule has 0 radical (unpaired) electrons. The zero-order valence-electron chi connectivity index (χ0n) is 15.5. The van der Waals surface area contributed by atoms with E-state index in [-0.39, 0.29) is 10.2 Å². The molecule has 1 heterocycles. The molecule has 1 amide bonds. The smallest absolute Gasteiger partial charge is 0.323 e. The van der Waals surface area contributed by atoms with Crippen molar-refractivity contribution in [1.29, 1.82) is 0 Å². The molecule has 0 bridgehead atoms. The molecule has 1 N–H and O–H groups in total. The molecule has 7 heteroatoms. The van der Waals surface area contributed by atoms with E-state index >= 15 is 0 Å². The second-order valence-electron chi connectivity index (χ2n) is 6.35. The first-order valence-electron chi connectivity index (χ1n) is 9.21. The second kappa shape index (κ2) is 11.1. The van der Waals surface area contributed by atoms with Crippen LogP contribution < -0.4 is 4.74 Å². The summed E-state index contributed by atoms with van der Waals surface area (Å²) in [5.74, 6) is -0.644. The monoisotopic (exact) mass is 407 g/mol. The number of aliphatic carboxylic acids is 1. The van der Waals surface area contributed by atoms with Gasteiger partial charge >= 0.3 is 5.97 Å². The van der Waals surface area contributed by atoms with Crippen molar-refractivity contribution in [3.63, 3.8) is 0 Å². The van der Waals surface area contributed by atoms with Crippen LogP contribution in [-0.2, 0) is 9.59 Å². The van der Waals surface area contributed by atoms with E-state index in [2.05, 4.69) is 6.92 Å². The molecule has 1 aliphatic heterocycles. The summed E-state index contributed by atoms with van der Waals surface area (Å²) in [6, 6.07) is 7.50. The van der Waals surface area contributed by atoms with E-state index in [1.165, 1.54) is 32.1 Å². The maximum absolute atomic E-state index is 12.3. The summed E-state index contributed by atoms with van der Waals surface area (Å²) < 4.78 is 6.02. The van der Waals surface area contributed by atoms with E-state index < -0.39 is 12.5 Å². The Morgan fingerprint density at radius 3 is 2.52 bits per heavy atom. The highest BCUT2D eigenvalue weighted by atomic mass is 32.2. The minimum atomic E-state index is -1.08. The lowest BCUT2D eigenvalue weighted by Crippen LogP contribution is -2.33. The van der Waals surface area contributed by atoms with Gasteiger partial charge in [-0.25, -0.2) is 0 Å². The van der Waals surface area contributed by atoms with E-state index in [1.807, 2.05) is 24.3 Å². The summed E-state index contributed by atoms with van der Waals surface area (Å²) in [6.45, 7) is 2.51. The number of ether oxygens (including phenoxy) is 1. The van der Waals surface area contributed by atoms with Crippen molar-refractivity contribution in [3.8, 4) is 5.75 Å². The van der Waals surface area contributed by atoms with Gasteiger partial charge in [-0.3, -0.25) is 14.5 Å². The average molecular weight is 408 g/mol. The topological polar surface area (TPSA) is 66.8 Å². The maximum atomic E-state index is 12.3. The molecule has 0 aromatic heterocycles. The van der Waals surface area contributed by atoms with Gasteiger partial charge in [0.1, 0.15) is 16.6 Å². The molecule has 1 aliphatic rings. The van der Waals surface area contributed by atoms with Crippen LogP contribution in [0.5, 0.6) is 5.75 Å². The SMILES string of the molecule is CCCCCCCCOc1ccc(/C=C2/SC(=S)N(CC(=O)O)C2=O)cc1. The fourth-order valence-corrected chi connectivity index (χ4v) is 3.91. The summed E-state index contributed by atoms with van der Waals surface area (Å²) in [5.41, 5.74) is 0.845. The Balaban J connectivity index is 1.83. The van der Waals surface area contributed by atoms with E-state index in [4.69, 9.17) is 22.1 Å². The molecular formula is C20H25NO4S2. The molecule has 0 spiro atoms. The minimum absolute atomic E-state index is 0.271. The first-order valence-corrected chi connectivity index (χ1v) is 10.4. The lowest BCUT2D eigenvalue weighted by molar-refractivity contribution is -0.140. The Morgan fingerprint density at radius 1 is 1.19 bits per heavy atom.